The Morgan fingerprint density at radius 1 is 1.28 bits per heavy atom. The van der Waals surface area contributed by atoms with Crippen molar-refractivity contribution in [2.24, 2.45) is 5.92 Å². The molecule has 0 saturated carbocycles. The van der Waals surface area contributed by atoms with Crippen molar-refractivity contribution in [3.63, 3.8) is 0 Å². The third-order valence-electron chi connectivity index (χ3n) is 3.05. The fourth-order valence-corrected chi connectivity index (χ4v) is 2.12. The summed E-state index contributed by atoms with van der Waals surface area (Å²) in [6.45, 7) is 5.07. The smallest absolute Gasteiger partial charge is 0.119 e. The summed E-state index contributed by atoms with van der Waals surface area (Å²) in [6, 6.07) is 6.53. The SMILES string of the molecule is CCCCC(CC)COc1ccc(S(=O)[O-])cc1. The molecule has 2 atom stereocenters. The molecule has 0 spiro atoms. The molecule has 0 bridgehead atoms. The first-order valence-electron chi connectivity index (χ1n) is 6.49. The molecule has 0 saturated heterocycles. The van der Waals surface area contributed by atoms with E-state index in [0.717, 1.165) is 12.2 Å². The number of benzene rings is 1. The molecule has 2 unspecified atom stereocenters. The third kappa shape index (κ3) is 5.19. The second-order valence-corrected chi connectivity index (χ2v) is 5.37. The van der Waals surface area contributed by atoms with Crippen LogP contribution < -0.4 is 4.74 Å². The van der Waals surface area contributed by atoms with Crippen molar-refractivity contribution < 1.29 is 13.5 Å². The van der Waals surface area contributed by atoms with E-state index in [4.69, 9.17) is 4.74 Å². The van der Waals surface area contributed by atoms with Crippen molar-refractivity contribution in [3.05, 3.63) is 24.3 Å². The predicted octanol–water partition coefficient (Wildman–Crippen LogP) is 3.52. The van der Waals surface area contributed by atoms with Gasteiger partial charge in [-0.2, -0.15) is 0 Å². The summed E-state index contributed by atoms with van der Waals surface area (Å²) in [4.78, 5) is 0.292. The van der Waals surface area contributed by atoms with Gasteiger partial charge in [0.15, 0.2) is 0 Å². The van der Waals surface area contributed by atoms with E-state index in [1.807, 2.05) is 0 Å². The monoisotopic (exact) mass is 269 g/mol. The summed E-state index contributed by atoms with van der Waals surface area (Å²) >= 11 is -2.16. The second-order valence-electron chi connectivity index (χ2n) is 4.43. The molecule has 0 aliphatic heterocycles. The van der Waals surface area contributed by atoms with Crippen LogP contribution in [0.2, 0.25) is 0 Å². The molecule has 0 amide bonds. The van der Waals surface area contributed by atoms with Gasteiger partial charge in [0.25, 0.3) is 0 Å². The lowest BCUT2D eigenvalue weighted by Crippen LogP contribution is -2.11. The zero-order valence-electron chi connectivity index (χ0n) is 11.1. The Kier molecular flexibility index (Phi) is 6.98. The first-order chi connectivity index (χ1) is 8.67. The molecule has 4 heteroatoms. The van der Waals surface area contributed by atoms with Crippen LogP contribution in [0.3, 0.4) is 0 Å². The molecule has 0 aliphatic rings. The zero-order valence-corrected chi connectivity index (χ0v) is 11.9. The first kappa shape index (κ1) is 15.2. The van der Waals surface area contributed by atoms with E-state index in [1.165, 1.54) is 19.3 Å². The van der Waals surface area contributed by atoms with Gasteiger partial charge in [0.1, 0.15) is 5.75 Å². The quantitative estimate of drug-likeness (QED) is 0.678. The topological polar surface area (TPSA) is 49.4 Å². The minimum Gasteiger partial charge on any atom is -0.768 e. The summed E-state index contributed by atoms with van der Waals surface area (Å²) < 4.78 is 27.1. The average Bonchev–Trinajstić information content (AvgIpc) is 2.39. The lowest BCUT2D eigenvalue weighted by atomic mass is 10.0. The molecular weight excluding hydrogens is 248 g/mol. The van der Waals surface area contributed by atoms with Crippen LogP contribution >= 0.6 is 0 Å². The fraction of sp³-hybridized carbons (Fsp3) is 0.571. The van der Waals surface area contributed by atoms with E-state index >= 15 is 0 Å². The molecule has 0 aliphatic carbocycles. The highest BCUT2D eigenvalue weighted by Crippen LogP contribution is 2.18. The van der Waals surface area contributed by atoms with Crippen molar-refractivity contribution in [3.8, 4) is 5.75 Å². The molecule has 1 aromatic rings. The molecule has 0 aromatic heterocycles. The van der Waals surface area contributed by atoms with Gasteiger partial charge in [0, 0.05) is 4.90 Å². The second kappa shape index (κ2) is 8.27. The maximum Gasteiger partial charge on any atom is 0.119 e. The lowest BCUT2D eigenvalue weighted by Gasteiger charge is -2.15. The van der Waals surface area contributed by atoms with Gasteiger partial charge in [-0.25, -0.2) is 0 Å². The normalized spacial score (nSPS) is 14.2. The Labute approximate surface area is 112 Å². The summed E-state index contributed by atoms with van der Waals surface area (Å²) in [5.74, 6) is 1.32. The van der Waals surface area contributed by atoms with Gasteiger partial charge in [-0.3, -0.25) is 4.21 Å². The first-order valence-corrected chi connectivity index (χ1v) is 7.57. The standard InChI is InChI=1S/C14H22O3S/c1-3-5-6-12(4-2)11-17-13-7-9-14(10-8-13)18(15)16/h7-10,12H,3-6,11H2,1-2H3,(H,15,16)/p-1. The molecule has 0 radical (unpaired) electrons. The lowest BCUT2D eigenvalue weighted by molar-refractivity contribution is 0.233. The van der Waals surface area contributed by atoms with Crippen LogP contribution in [0, 0.1) is 5.92 Å². The van der Waals surface area contributed by atoms with Gasteiger partial charge in [-0.1, -0.05) is 33.1 Å². The Balaban J connectivity index is 2.44. The van der Waals surface area contributed by atoms with Crippen LogP contribution in [0.4, 0.5) is 0 Å². The van der Waals surface area contributed by atoms with Gasteiger partial charge < -0.3 is 9.29 Å². The Bertz CT molecular complexity index is 362. The van der Waals surface area contributed by atoms with Crippen molar-refractivity contribution in [2.75, 3.05) is 6.61 Å². The van der Waals surface area contributed by atoms with Crippen molar-refractivity contribution in [1.82, 2.24) is 0 Å². The van der Waals surface area contributed by atoms with E-state index in [2.05, 4.69) is 13.8 Å². The molecule has 1 rings (SSSR count). The van der Waals surface area contributed by atoms with Crippen molar-refractivity contribution in [2.45, 2.75) is 44.4 Å². The summed E-state index contributed by atoms with van der Waals surface area (Å²) in [7, 11) is 0. The van der Waals surface area contributed by atoms with Crippen LogP contribution in [0.25, 0.3) is 0 Å². The maximum absolute atomic E-state index is 10.7. The highest BCUT2D eigenvalue weighted by molar-refractivity contribution is 7.79. The zero-order chi connectivity index (χ0) is 13.4. The molecule has 18 heavy (non-hydrogen) atoms. The Morgan fingerprint density at radius 3 is 2.44 bits per heavy atom. The number of hydrogen-bond acceptors (Lipinski definition) is 3. The number of unbranched alkanes of at least 4 members (excludes halogenated alkanes) is 1. The van der Waals surface area contributed by atoms with Gasteiger partial charge in [0.2, 0.25) is 0 Å². The number of rotatable bonds is 8. The number of hydrogen-bond donors (Lipinski definition) is 0. The Hall–Kier alpha value is -0.870. The molecular formula is C14H21O3S-. The minimum absolute atomic E-state index is 0.292. The molecule has 0 fully saturated rings. The van der Waals surface area contributed by atoms with Crippen LogP contribution in [0.15, 0.2) is 29.2 Å². The minimum atomic E-state index is -2.16. The van der Waals surface area contributed by atoms with E-state index in [1.54, 1.807) is 24.3 Å². The van der Waals surface area contributed by atoms with E-state index in [-0.39, 0.29) is 0 Å². The summed E-state index contributed by atoms with van der Waals surface area (Å²) in [6.07, 6.45) is 4.74. The van der Waals surface area contributed by atoms with Gasteiger partial charge in [-0.15, -0.1) is 0 Å². The third-order valence-corrected chi connectivity index (χ3v) is 3.70. The van der Waals surface area contributed by atoms with Crippen LogP contribution in [-0.4, -0.2) is 15.4 Å². The molecule has 0 N–H and O–H groups in total. The van der Waals surface area contributed by atoms with Gasteiger partial charge in [-0.05, 0) is 47.7 Å². The van der Waals surface area contributed by atoms with E-state index < -0.39 is 11.1 Å². The predicted molar refractivity (Wildman–Crippen MR) is 72.4 cm³/mol. The van der Waals surface area contributed by atoms with Crippen molar-refractivity contribution >= 4 is 11.1 Å². The number of ether oxygens (including phenoxy) is 1. The summed E-state index contributed by atoms with van der Waals surface area (Å²) in [5, 5.41) is 0. The highest BCUT2D eigenvalue weighted by atomic mass is 32.2. The van der Waals surface area contributed by atoms with E-state index in [0.29, 0.717) is 17.4 Å². The molecule has 0 heterocycles. The van der Waals surface area contributed by atoms with Crippen LogP contribution in [-0.2, 0) is 11.1 Å². The average molecular weight is 269 g/mol. The Morgan fingerprint density at radius 2 is 1.94 bits per heavy atom. The molecule has 102 valence electrons. The highest BCUT2D eigenvalue weighted by Gasteiger charge is 2.06. The van der Waals surface area contributed by atoms with Crippen LogP contribution in [0.1, 0.15) is 39.5 Å². The van der Waals surface area contributed by atoms with Gasteiger partial charge in [0.05, 0.1) is 6.61 Å². The van der Waals surface area contributed by atoms with E-state index in [9.17, 15) is 8.76 Å². The molecule has 3 nitrogen and oxygen atoms in total. The fourth-order valence-electron chi connectivity index (χ4n) is 1.76. The van der Waals surface area contributed by atoms with Crippen molar-refractivity contribution in [1.29, 1.82) is 0 Å². The largest absolute Gasteiger partial charge is 0.768 e. The summed E-state index contributed by atoms with van der Waals surface area (Å²) in [5.41, 5.74) is 0. The molecule has 1 aromatic carbocycles. The maximum atomic E-state index is 10.7. The van der Waals surface area contributed by atoms with Gasteiger partial charge >= 0.3 is 0 Å². The van der Waals surface area contributed by atoms with Crippen LogP contribution in [0.5, 0.6) is 5.75 Å².